The molecule has 0 bridgehead atoms. The number of carbonyl (C=O) groups is 1. The summed E-state index contributed by atoms with van der Waals surface area (Å²) in [5.41, 5.74) is 4.10. The summed E-state index contributed by atoms with van der Waals surface area (Å²) in [5.74, 6) is 1.60. The van der Waals surface area contributed by atoms with E-state index in [2.05, 4.69) is 141 Å². The maximum absolute atomic E-state index is 11.6. The number of hydrogen-bond acceptors (Lipinski definition) is 4. The molecule has 0 amide bonds. The largest absolute Gasteiger partial charge is 0.543 e. The zero-order valence-electron chi connectivity index (χ0n) is 32.8. The quantitative estimate of drug-likeness (QED) is 0.0533. The van der Waals surface area contributed by atoms with Crippen LogP contribution in [0.25, 0.3) is 32.7 Å². The van der Waals surface area contributed by atoms with E-state index in [1.165, 1.54) is 39.9 Å². The summed E-state index contributed by atoms with van der Waals surface area (Å²) in [6.07, 6.45) is 7.74. The molecule has 0 N–H and O–H groups in total. The van der Waals surface area contributed by atoms with Gasteiger partial charge in [0.25, 0.3) is 16.6 Å². The number of ether oxygens (including phenoxy) is 1. The predicted octanol–water partition coefficient (Wildman–Crippen LogP) is 13.4. The van der Waals surface area contributed by atoms with Gasteiger partial charge < -0.3 is 13.6 Å². The lowest BCUT2D eigenvalue weighted by Gasteiger charge is -2.38. The average Bonchev–Trinajstić information content (AvgIpc) is 3.02. The first-order valence-corrected chi connectivity index (χ1v) is 24.4. The molecular formula is C44H62O4Si2. The summed E-state index contributed by atoms with van der Waals surface area (Å²) in [5, 5.41) is 4.94. The summed E-state index contributed by atoms with van der Waals surface area (Å²) in [6.45, 7) is 28.9. The van der Waals surface area contributed by atoms with Crippen LogP contribution in [0.2, 0.25) is 36.3 Å². The number of hydrogen-bond donors (Lipinski definition) is 0. The van der Waals surface area contributed by atoms with Crippen molar-refractivity contribution in [3.05, 3.63) is 84.4 Å². The van der Waals surface area contributed by atoms with Crippen molar-refractivity contribution in [2.45, 2.75) is 130 Å². The molecule has 6 heteroatoms. The number of rotatable bonds is 15. The first-order valence-electron chi connectivity index (χ1n) is 18.6. The molecule has 0 aliphatic carbocycles. The standard InChI is InChI=1S/C44H62O4Si2/c1-32(2)42(45)46-30-20-16-14-13-15-17-21-33-24-27-37-35(31-33)26-29-39(48-50(11,12)44(6,7)8)41(37)40-36-23-19-18-22-34(36)25-28-38(40)47-49(9,10)43(3,4)5/h18-19,22-29,31H,1,13-17,20-21,30H2,2-12H3. The maximum atomic E-state index is 11.6. The van der Waals surface area contributed by atoms with Crippen molar-refractivity contribution in [1.82, 2.24) is 0 Å². The minimum Gasteiger partial charge on any atom is -0.543 e. The summed E-state index contributed by atoms with van der Waals surface area (Å²) < 4.78 is 19.6. The normalized spacial score (nSPS) is 12.7. The van der Waals surface area contributed by atoms with Crippen molar-refractivity contribution in [2.75, 3.05) is 6.61 Å². The molecule has 0 fully saturated rings. The van der Waals surface area contributed by atoms with E-state index in [0.29, 0.717) is 12.2 Å². The molecule has 4 nitrogen and oxygen atoms in total. The summed E-state index contributed by atoms with van der Waals surface area (Å²) >= 11 is 0. The highest BCUT2D eigenvalue weighted by atomic mass is 28.4. The Morgan fingerprint density at radius 2 is 1.14 bits per heavy atom. The van der Waals surface area contributed by atoms with Gasteiger partial charge in [-0.15, -0.1) is 0 Å². The van der Waals surface area contributed by atoms with Gasteiger partial charge in [0.1, 0.15) is 11.5 Å². The van der Waals surface area contributed by atoms with Gasteiger partial charge in [-0.1, -0.05) is 128 Å². The lowest BCUT2D eigenvalue weighted by atomic mass is 9.91. The van der Waals surface area contributed by atoms with E-state index in [1.54, 1.807) is 6.92 Å². The van der Waals surface area contributed by atoms with Crippen molar-refractivity contribution in [3.63, 3.8) is 0 Å². The van der Waals surface area contributed by atoms with Gasteiger partial charge in [-0.2, -0.15) is 0 Å². The first-order chi connectivity index (χ1) is 23.3. The maximum Gasteiger partial charge on any atom is 0.333 e. The molecule has 0 unspecified atom stereocenters. The van der Waals surface area contributed by atoms with Crippen LogP contribution in [0.1, 0.15) is 92.6 Å². The van der Waals surface area contributed by atoms with E-state index < -0.39 is 16.6 Å². The van der Waals surface area contributed by atoms with Crippen LogP contribution in [0, 0.1) is 0 Å². The number of fused-ring (bicyclic) bond motifs is 2. The molecule has 0 atom stereocenters. The van der Waals surface area contributed by atoms with Crippen molar-refractivity contribution in [3.8, 4) is 22.6 Å². The Morgan fingerprint density at radius 1 is 0.640 bits per heavy atom. The second kappa shape index (κ2) is 15.9. The summed E-state index contributed by atoms with van der Waals surface area (Å²) in [7, 11) is -4.34. The molecule has 0 heterocycles. The van der Waals surface area contributed by atoms with Crippen LogP contribution in [-0.2, 0) is 16.0 Å². The number of carbonyl (C=O) groups excluding carboxylic acids is 1. The number of benzene rings is 4. The van der Waals surface area contributed by atoms with Crippen molar-refractivity contribution in [2.24, 2.45) is 0 Å². The highest BCUT2D eigenvalue weighted by Gasteiger charge is 2.41. The summed E-state index contributed by atoms with van der Waals surface area (Å²) in [4.78, 5) is 11.6. The molecule has 0 radical (unpaired) electrons. The Labute approximate surface area is 304 Å². The van der Waals surface area contributed by atoms with Gasteiger partial charge in [-0.25, -0.2) is 4.79 Å². The van der Waals surface area contributed by atoms with E-state index in [9.17, 15) is 4.79 Å². The Bertz CT molecular complexity index is 1810. The van der Waals surface area contributed by atoms with Gasteiger partial charge in [0.15, 0.2) is 0 Å². The van der Waals surface area contributed by atoms with Gasteiger partial charge in [-0.3, -0.25) is 0 Å². The van der Waals surface area contributed by atoms with Crippen LogP contribution in [0.5, 0.6) is 11.5 Å². The molecule has 0 saturated carbocycles. The Balaban J connectivity index is 1.68. The molecule has 0 spiro atoms. The SMILES string of the molecule is C=C(C)C(=O)OCCCCCCCCc1ccc2c(-c3c(O[Si](C)(C)C(C)(C)C)ccc4ccccc34)c(O[Si](C)(C)C(C)(C)C)ccc2c1. The van der Waals surface area contributed by atoms with Crippen molar-refractivity contribution >= 4 is 44.1 Å². The third-order valence-electron chi connectivity index (χ3n) is 11.0. The van der Waals surface area contributed by atoms with Gasteiger partial charge in [0.2, 0.25) is 0 Å². The molecule has 50 heavy (non-hydrogen) atoms. The number of aryl methyl sites for hydroxylation is 1. The number of unbranched alkanes of at least 4 members (excludes halogenated alkanes) is 5. The van der Waals surface area contributed by atoms with Crippen LogP contribution >= 0.6 is 0 Å². The molecule has 4 rings (SSSR count). The first kappa shape index (κ1) is 39.4. The smallest absolute Gasteiger partial charge is 0.333 e. The third kappa shape index (κ3) is 9.49. The average molecular weight is 711 g/mol. The molecule has 4 aromatic carbocycles. The van der Waals surface area contributed by atoms with Gasteiger partial charge in [0, 0.05) is 16.7 Å². The fourth-order valence-corrected chi connectivity index (χ4v) is 7.79. The molecule has 0 aromatic heterocycles. The van der Waals surface area contributed by atoms with E-state index in [4.69, 9.17) is 13.6 Å². The van der Waals surface area contributed by atoms with Gasteiger partial charge >= 0.3 is 5.97 Å². The van der Waals surface area contributed by atoms with Crippen LogP contribution < -0.4 is 8.85 Å². The highest BCUT2D eigenvalue weighted by molar-refractivity contribution is 6.75. The molecule has 270 valence electrons. The van der Waals surface area contributed by atoms with E-state index >= 15 is 0 Å². The van der Waals surface area contributed by atoms with Gasteiger partial charge in [0.05, 0.1) is 6.61 Å². The fourth-order valence-electron chi connectivity index (χ4n) is 5.73. The van der Waals surface area contributed by atoms with E-state index in [-0.39, 0.29) is 16.0 Å². The zero-order chi connectivity index (χ0) is 36.9. The van der Waals surface area contributed by atoms with Crippen molar-refractivity contribution < 1.29 is 18.4 Å². The minimum absolute atomic E-state index is 0.0553. The number of esters is 1. The Hall–Kier alpha value is -3.36. The topological polar surface area (TPSA) is 44.8 Å². The molecule has 0 aliphatic heterocycles. The van der Waals surface area contributed by atoms with Crippen LogP contribution in [0.3, 0.4) is 0 Å². The van der Waals surface area contributed by atoms with E-state index in [0.717, 1.165) is 54.7 Å². The van der Waals surface area contributed by atoms with Crippen LogP contribution in [-0.4, -0.2) is 29.2 Å². The fraction of sp³-hybridized carbons (Fsp3) is 0.477. The van der Waals surface area contributed by atoms with Gasteiger partial charge in [-0.05, 0) is 102 Å². The van der Waals surface area contributed by atoms with Crippen LogP contribution in [0.4, 0.5) is 0 Å². The molecule has 0 saturated heterocycles. The third-order valence-corrected chi connectivity index (χ3v) is 19.7. The van der Waals surface area contributed by atoms with E-state index in [1.807, 2.05) is 0 Å². The van der Waals surface area contributed by atoms with Crippen molar-refractivity contribution in [1.29, 1.82) is 0 Å². The zero-order valence-corrected chi connectivity index (χ0v) is 34.8. The lowest BCUT2D eigenvalue weighted by Crippen LogP contribution is -2.44. The molecule has 0 aliphatic rings. The second-order valence-corrected chi connectivity index (χ2v) is 26.6. The minimum atomic E-state index is -2.17. The molecule has 4 aromatic rings. The highest BCUT2D eigenvalue weighted by Crippen LogP contribution is 2.49. The Morgan fingerprint density at radius 3 is 1.70 bits per heavy atom. The lowest BCUT2D eigenvalue weighted by molar-refractivity contribution is -0.139. The predicted molar refractivity (Wildman–Crippen MR) is 220 cm³/mol. The van der Waals surface area contributed by atoms with Crippen LogP contribution in [0.15, 0.2) is 78.9 Å². The molecular weight excluding hydrogens is 649 g/mol. The second-order valence-electron chi connectivity index (χ2n) is 17.2. The Kier molecular flexibility index (Phi) is 12.5. The summed E-state index contributed by atoms with van der Waals surface area (Å²) in [6, 6.07) is 24.6. The monoisotopic (exact) mass is 710 g/mol.